The lowest BCUT2D eigenvalue weighted by molar-refractivity contribution is -0.136. The van der Waals surface area contributed by atoms with Crippen LogP contribution >= 0.6 is 0 Å². The molecule has 0 aliphatic heterocycles. The number of ether oxygens (including phenoxy) is 1. The molecule has 0 heterocycles. The van der Waals surface area contributed by atoms with E-state index in [0.717, 1.165) is 18.4 Å². The molecule has 0 aromatic heterocycles. The van der Waals surface area contributed by atoms with Crippen LogP contribution in [0.15, 0.2) is 30.3 Å². The molecule has 92 valence electrons. The highest BCUT2D eigenvalue weighted by molar-refractivity contribution is 5.88. The van der Waals surface area contributed by atoms with Gasteiger partial charge in [0.25, 0.3) is 0 Å². The molecule has 1 aromatic carbocycles. The summed E-state index contributed by atoms with van der Waals surface area (Å²) >= 11 is 0. The van der Waals surface area contributed by atoms with Crippen molar-refractivity contribution in [3.63, 3.8) is 0 Å². The summed E-state index contributed by atoms with van der Waals surface area (Å²) in [4.78, 5) is 10.9. The van der Waals surface area contributed by atoms with Gasteiger partial charge in [-0.3, -0.25) is 0 Å². The van der Waals surface area contributed by atoms with Gasteiger partial charge in [0.05, 0.1) is 6.61 Å². The molecule has 0 spiro atoms. The SMILES string of the molecule is CCOC(=O)C#CCCCC#Cc1ccccc1. The van der Waals surface area contributed by atoms with Gasteiger partial charge < -0.3 is 4.74 Å². The second-order valence-electron chi connectivity index (χ2n) is 3.54. The molecule has 0 fully saturated rings. The smallest absolute Gasteiger partial charge is 0.384 e. The van der Waals surface area contributed by atoms with E-state index in [4.69, 9.17) is 0 Å². The fraction of sp³-hybridized carbons (Fsp3) is 0.312. The van der Waals surface area contributed by atoms with Crippen LogP contribution in [0.4, 0.5) is 0 Å². The maximum atomic E-state index is 10.9. The van der Waals surface area contributed by atoms with Crippen LogP contribution in [0.25, 0.3) is 0 Å². The van der Waals surface area contributed by atoms with E-state index in [2.05, 4.69) is 28.4 Å². The van der Waals surface area contributed by atoms with Crippen molar-refractivity contribution >= 4 is 5.97 Å². The Hall–Kier alpha value is -2.19. The van der Waals surface area contributed by atoms with Gasteiger partial charge in [-0.25, -0.2) is 4.79 Å². The van der Waals surface area contributed by atoms with Crippen molar-refractivity contribution in [2.45, 2.75) is 26.2 Å². The Kier molecular flexibility index (Phi) is 6.86. The van der Waals surface area contributed by atoms with Gasteiger partial charge in [0.1, 0.15) is 0 Å². The van der Waals surface area contributed by atoms with Crippen molar-refractivity contribution in [3.05, 3.63) is 35.9 Å². The Balaban J connectivity index is 2.20. The van der Waals surface area contributed by atoms with Crippen molar-refractivity contribution in [1.29, 1.82) is 0 Å². The summed E-state index contributed by atoms with van der Waals surface area (Å²) in [6.45, 7) is 2.13. The van der Waals surface area contributed by atoms with Crippen LogP contribution in [0.3, 0.4) is 0 Å². The average molecular weight is 240 g/mol. The third-order valence-electron chi connectivity index (χ3n) is 2.08. The summed E-state index contributed by atoms with van der Waals surface area (Å²) in [5.41, 5.74) is 1.02. The van der Waals surface area contributed by atoms with Gasteiger partial charge in [0, 0.05) is 24.3 Å². The Morgan fingerprint density at radius 1 is 1.17 bits per heavy atom. The van der Waals surface area contributed by atoms with Gasteiger partial charge in [-0.15, -0.1) is 0 Å². The second-order valence-corrected chi connectivity index (χ2v) is 3.54. The molecule has 1 aromatic rings. The maximum Gasteiger partial charge on any atom is 0.384 e. The summed E-state index contributed by atoms with van der Waals surface area (Å²) in [6.07, 6.45) is 2.32. The lowest BCUT2D eigenvalue weighted by Gasteiger charge is -1.90. The van der Waals surface area contributed by atoms with E-state index < -0.39 is 5.97 Å². The van der Waals surface area contributed by atoms with Gasteiger partial charge >= 0.3 is 5.97 Å². The molecule has 0 bridgehead atoms. The lowest BCUT2D eigenvalue weighted by Crippen LogP contribution is -1.99. The van der Waals surface area contributed by atoms with Gasteiger partial charge in [-0.1, -0.05) is 36.0 Å². The van der Waals surface area contributed by atoms with Crippen LogP contribution < -0.4 is 0 Å². The molecule has 0 radical (unpaired) electrons. The molecule has 0 amide bonds. The van der Waals surface area contributed by atoms with Crippen LogP contribution in [0.1, 0.15) is 31.7 Å². The van der Waals surface area contributed by atoms with Gasteiger partial charge in [-0.2, -0.15) is 0 Å². The van der Waals surface area contributed by atoms with Crippen LogP contribution in [0.2, 0.25) is 0 Å². The van der Waals surface area contributed by atoms with Crippen molar-refractivity contribution < 1.29 is 9.53 Å². The fourth-order valence-electron chi connectivity index (χ4n) is 1.25. The molecule has 0 atom stereocenters. The van der Waals surface area contributed by atoms with E-state index in [0.29, 0.717) is 13.0 Å². The zero-order valence-electron chi connectivity index (χ0n) is 10.5. The predicted octanol–water partition coefficient (Wildman–Crippen LogP) is 2.77. The van der Waals surface area contributed by atoms with Crippen molar-refractivity contribution in [1.82, 2.24) is 0 Å². The normalized spacial score (nSPS) is 8.50. The summed E-state index contributed by atoms with van der Waals surface area (Å²) in [6, 6.07) is 9.86. The largest absolute Gasteiger partial charge is 0.456 e. The van der Waals surface area contributed by atoms with E-state index in [9.17, 15) is 4.79 Å². The zero-order valence-corrected chi connectivity index (χ0v) is 10.5. The average Bonchev–Trinajstić information content (AvgIpc) is 2.39. The first-order valence-corrected chi connectivity index (χ1v) is 6.02. The van der Waals surface area contributed by atoms with E-state index in [1.54, 1.807) is 6.92 Å². The number of hydrogen-bond donors (Lipinski definition) is 0. The lowest BCUT2D eigenvalue weighted by atomic mass is 10.2. The number of esters is 1. The summed E-state index contributed by atoms with van der Waals surface area (Å²) in [5.74, 6) is 10.9. The van der Waals surface area contributed by atoms with E-state index >= 15 is 0 Å². The monoisotopic (exact) mass is 240 g/mol. The molecule has 2 nitrogen and oxygen atoms in total. The first-order chi connectivity index (χ1) is 8.83. The molecule has 0 aliphatic rings. The van der Waals surface area contributed by atoms with Crippen LogP contribution in [-0.2, 0) is 9.53 Å². The number of hydrogen-bond acceptors (Lipinski definition) is 2. The highest BCUT2D eigenvalue weighted by Crippen LogP contribution is 1.97. The van der Waals surface area contributed by atoms with Gasteiger partial charge in [0.2, 0.25) is 0 Å². The maximum absolute atomic E-state index is 10.9. The van der Waals surface area contributed by atoms with Crippen LogP contribution in [0.5, 0.6) is 0 Å². The number of benzene rings is 1. The molecule has 0 N–H and O–H groups in total. The highest BCUT2D eigenvalue weighted by atomic mass is 16.5. The van der Waals surface area contributed by atoms with Crippen molar-refractivity contribution in [3.8, 4) is 23.7 Å². The quantitative estimate of drug-likeness (QED) is 0.351. The van der Waals surface area contributed by atoms with Gasteiger partial charge in [0.15, 0.2) is 0 Å². The first-order valence-electron chi connectivity index (χ1n) is 6.02. The van der Waals surface area contributed by atoms with Crippen LogP contribution in [0, 0.1) is 23.7 Å². The highest BCUT2D eigenvalue weighted by Gasteiger charge is 1.91. The fourth-order valence-corrected chi connectivity index (χ4v) is 1.25. The second kappa shape index (κ2) is 8.90. The first kappa shape index (κ1) is 13.9. The zero-order chi connectivity index (χ0) is 13.1. The Morgan fingerprint density at radius 3 is 2.61 bits per heavy atom. The minimum Gasteiger partial charge on any atom is -0.456 e. The minimum absolute atomic E-state index is 0.371. The number of carbonyl (C=O) groups is 1. The van der Waals surface area contributed by atoms with E-state index in [-0.39, 0.29) is 0 Å². The Morgan fingerprint density at radius 2 is 1.89 bits per heavy atom. The van der Waals surface area contributed by atoms with E-state index in [1.165, 1.54) is 0 Å². The van der Waals surface area contributed by atoms with E-state index in [1.807, 2.05) is 30.3 Å². The summed E-state index contributed by atoms with van der Waals surface area (Å²) < 4.78 is 4.69. The molecule has 2 heteroatoms. The minimum atomic E-state index is -0.451. The number of rotatable bonds is 3. The third-order valence-corrected chi connectivity index (χ3v) is 2.08. The van der Waals surface area contributed by atoms with Crippen LogP contribution in [-0.4, -0.2) is 12.6 Å². The van der Waals surface area contributed by atoms with Crippen molar-refractivity contribution in [2.75, 3.05) is 6.61 Å². The molecule has 0 saturated heterocycles. The molecular weight excluding hydrogens is 224 g/mol. The number of unbranched alkanes of at least 4 members (excludes halogenated alkanes) is 2. The molecular formula is C16H16O2. The molecule has 1 rings (SSSR count). The predicted molar refractivity (Wildman–Crippen MR) is 71.6 cm³/mol. The van der Waals surface area contributed by atoms with Gasteiger partial charge in [-0.05, 0) is 25.5 Å². The Labute approximate surface area is 108 Å². The Bertz CT molecular complexity index is 481. The summed E-state index contributed by atoms with van der Waals surface area (Å²) in [5, 5.41) is 0. The third kappa shape index (κ3) is 6.40. The number of carbonyl (C=O) groups excluding carboxylic acids is 1. The molecule has 0 aliphatic carbocycles. The molecule has 18 heavy (non-hydrogen) atoms. The standard InChI is InChI=1S/C16H16O2/c1-2-18-16(17)14-10-5-3-4-7-11-15-12-8-6-9-13-15/h6,8-9,12-13H,2-5H2,1H3. The summed E-state index contributed by atoms with van der Waals surface area (Å²) in [7, 11) is 0. The molecule has 0 saturated carbocycles. The van der Waals surface area contributed by atoms with Crippen molar-refractivity contribution in [2.24, 2.45) is 0 Å². The molecule has 0 unspecified atom stereocenters. The topological polar surface area (TPSA) is 26.3 Å².